The molecule has 10 heteroatoms. The lowest BCUT2D eigenvalue weighted by Crippen LogP contribution is -2.40. The Morgan fingerprint density at radius 1 is 1.07 bits per heavy atom. The Bertz CT molecular complexity index is 1830. The molecule has 4 aromatic rings. The number of hydrogen-bond acceptors (Lipinski definition) is 8. The molecule has 2 saturated heterocycles. The van der Waals surface area contributed by atoms with Gasteiger partial charge in [0.25, 0.3) is 0 Å². The summed E-state index contributed by atoms with van der Waals surface area (Å²) >= 11 is 0. The second-order valence-corrected chi connectivity index (χ2v) is 12.2. The normalized spacial score (nSPS) is 21.4. The van der Waals surface area contributed by atoms with Crippen LogP contribution in [0.4, 0.5) is 14.6 Å². The molecule has 7 rings (SSSR count). The number of ether oxygens (including phenoxy) is 2. The number of phenols is 1. The average molecular weight is 600 g/mol. The van der Waals surface area contributed by atoms with Gasteiger partial charge in [-0.25, -0.2) is 8.78 Å². The first kappa shape index (κ1) is 28.6. The number of terminal acetylenes is 1. The summed E-state index contributed by atoms with van der Waals surface area (Å²) in [7, 11) is 4.17. The van der Waals surface area contributed by atoms with Crippen molar-refractivity contribution in [1.82, 2.24) is 19.8 Å². The minimum atomic E-state index is -0.656. The van der Waals surface area contributed by atoms with E-state index in [0.29, 0.717) is 40.9 Å². The number of likely N-dealkylation sites (tertiary alicyclic amines) is 2. The van der Waals surface area contributed by atoms with Gasteiger partial charge in [-0.2, -0.15) is 9.97 Å². The molecule has 0 spiro atoms. The standard InChI is InChI=1S/C34H35F2N5O3/c1-5-23-26(35)9-8-20-15-22(42)16-24(29(20)23)25-17-28-30-32(31(25)36)37-34(44-19(2)27-7-6-11-40(27)4)38-33(30)41(13-14-43-28)21-10-12-39(3)18-21/h1,8-9,15-17,19,21,27,42H,6-7,10-14,18H2,2-4H3/t19-,21?,27-/m0/s1. The molecule has 4 heterocycles. The quantitative estimate of drug-likeness (QED) is 0.315. The largest absolute Gasteiger partial charge is 0.508 e. The molecule has 3 aromatic carbocycles. The summed E-state index contributed by atoms with van der Waals surface area (Å²) < 4.78 is 44.5. The Labute approximate surface area is 255 Å². The van der Waals surface area contributed by atoms with E-state index in [4.69, 9.17) is 20.9 Å². The van der Waals surface area contributed by atoms with Gasteiger partial charge in [-0.05, 0) is 88.6 Å². The number of anilines is 1. The van der Waals surface area contributed by atoms with Crippen LogP contribution in [0.2, 0.25) is 0 Å². The molecule has 1 N–H and O–H groups in total. The number of benzene rings is 3. The molecule has 0 amide bonds. The van der Waals surface area contributed by atoms with E-state index >= 15 is 4.39 Å². The van der Waals surface area contributed by atoms with Crippen LogP contribution in [-0.4, -0.2) is 89.9 Å². The molecule has 3 aliphatic rings. The van der Waals surface area contributed by atoms with Crippen LogP contribution in [0.3, 0.4) is 0 Å². The number of halogens is 2. The molecule has 0 bridgehead atoms. The first-order valence-corrected chi connectivity index (χ1v) is 15.1. The summed E-state index contributed by atoms with van der Waals surface area (Å²) in [4.78, 5) is 16.3. The topological polar surface area (TPSA) is 74.2 Å². The van der Waals surface area contributed by atoms with E-state index in [1.807, 2.05) is 6.92 Å². The molecular formula is C34H35F2N5O3. The van der Waals surface area contributed by atoms with Gasteiger partial charge in [0.15, 0.2) is 5.82 Å². The van der Waals surface area contributed by atoms with Gasteiger partial charge < -0.3 is 24.4 Å². The average Bonchev–Trinajstić information content (AvgIpc) is 3.59. The molecule has 0 aliphatic carbocycles. The molecule has 1 aromatic heterocycles. The van der Waals surface area contributed by atoms with Gasteiger partial charge in [-0.15, -0.1) is 6.42 Å². The van der Waals surface area contributed by atoms with E-state index < -0.39 is 11.6 Å². The molecule has 2 fully saturated rings. The van der Waals surface area contributed by atoms with Crippen molar-refractivity contribution in [2.24, 2.45) is 0 Å². The van der Waals surface area contributed by atoms with Crippen LogP contribution in [0, 0.1) is 24.0 Å². The summed E-state index contributed by atoms with van der Waals surface area (Å²) in [6, 6.07) is 7.68. The van der Waals surface area contributed by atoms with Gasteiger partial charge in [0.05, 0.1) is 17.5 Å². The number of phenolic OH excluding ortho intramolecular Hbond substituents is 1. The van der Waals surface area contributed by atoms with Crippen LogP contribution in [0.1, 0.15) is 31.7 Å². The van der Waals surface area contributed by atoms with Crippen molar-refractivity contribution in [2.75, 3.05) is 51.8 Å². The minimum absolute atomic E-state index is 0.0118. The predicted molar refractivity (Wildman–Crippen MR) is 166 cm³/mol. The molecule has 0 radical (unpaired) electrons. The molecule has 44 heavy (non-hydrogen) atoms. The number of hydrogen-bond donors (Lipinski definition) is 1. The smallest absolute Gasteiger partial charge is 0.319 e. The van der Waals surface area contributed by atoms with E-state index in [9.17, 15) is 9.50 Å². The van der Waals surface area contributed by atoms with Gasteiger partial charge in [-0.3, -0.25) is 4.90 Å². The lowest BCUT2D eigenvalue weighted by Gasteiger charge is -2.30. The van der Waals surface area contributed by atoms with Crippen LogP contribution < -0.4 is 14.4 Å². The number of likely N-dealkylation sites (N-methyl/N-ethyl adjacent to an activating group) is 2. The Balaban J connectivity index is 1.46. The second-order valence-electron chi connectivity index (χ2n) is 12.2. The Kier molecular flexibility index (Phi) is 7.18. The van der Waals surface area contributed by atoms with Gasteiger partial charge in [-0.1, -0.05) is 12.0 Å². The number of aromatic hydroxyl groups is 1. The molecule has 8 nitrogen and oxygen atoms in total. The SMILES string of the molecule is C#Cc1c(F)ccc2cc(O)cc(-c3cc4c5c(nc(O[C@@H](C)[C@@H]6CCCN6C)nc5c3F)N(C3CCN(C)C3)CCO4)c12. The fourth-order valence-electron chi connectivity index (χ4n) is 7.21. The zero-order valence-electron chi connectivity index (χ0n) is 25.1. The van der Waals surface area contributed by atoms with Crippen LogP contribution in [0.15, 0.2) is 30.3 Å². The number of nitrogens with zero attached hydrogens (tertiary/aromatic N) is 5. The van der Waals surface area contributed by atoms with Gasteiger partial charge in [0.2, 0.25) is 0 Å². The first-order valence-electron chi connectivity index (χ1n) is 15.1. The third kappa shape index (κ3) is 4.75. The number of rotatable bonds is 5. The van der Waals surface area contributed by atoms with E-state index in [1.165, 1.54) is 24.3 Å². The molecule has 0 saturated carbocycles. The van der Waals surface area contributed by atoms with Crippen molar-refractivity contribution in [2.45, 2.75) is 44.4 Å². The fourth-order valence-corrected chi connectivity index (χ4v) is 7.21. The predicted octanol–water partition coefficient (Wildman–Crippen LogP) is 5.18. The monoisotopic (exact) mass is 599 g/mol. The summed E-state index contributed by atoms with van der Waals surface area (Å²) in [5, 5.41) is 11.9. The van der Waals surface area contributed by atoms with Crippen molar-refractivity contribution < 1.29 is 23.4 Å². The van der Waals surface area contributed by atoms with Crippen LogP contribution in [0.5, 0.6) is 17.5 Å². The van der Waals surface area contributed by atoms with Crippen molar-refractivity contribution in [1.29, 1.82) is 0 Å². The fraction of sp³-hybridized carbons (Fsp3) is 0.412. The number of fused-ring (bicyclic) bond motifs is 1. The maximum Gasteiger partial charge on any atom is 0.319 e. The van der Waals surface area contributed by atoms with Crippen molar-refractivity contribution in [3.8, 4) is 41.0 Å². The third-order valence-corrected chi connectivity index (χ3v) is 9.40. The molecule has 228 valence electrons. The molecule has 1 unspecified atom stereocenters. The first-order chi connectivity index (χ1) is 21.2. The molecular weight excluding hydrogens is 564 g/mol. The zero-order valence-corrected chi connectivity index (χ0v) is 25.1. The van der Waals surface area contributed by atoms with Crippen LogP contribution in [-0.2, 0) is 0 Å². The van der Waals surface area contributed by atoms with Crippen molar-refractivity contribution in [3.63, 3.8) is 0 Å². The lowest BCUT2D eigenvalue weighted by molar-refractivity contribution is 0.112. The highest BCUT2D eigenvalue weighted by atomic mass is 19.1. The summed E-state index contributed by atoms with van der Waals surface area (Å²) in [6.45, 7) is 5.68. The van der Waals surface area contributed by atoms with Crippen LogP contribution in [0.25, 0.3) is 32.8 Å². The molecule has 3 aliphatic heterocycles. The Hall–Kier alpha value is -4.20. The summed E-state index contributed by atoms with van der Waals surface area (Å²) in [5.41, 5.74) is 0.359. The lowest BCUT2D eigenvalue weighted by atomic mass is 9.92. The van der Waals surface area contributed by atoms with Gasteiger partial charge in [0, 0.05) is 29.6 Å². The zero-order chi connectivity index (χ0) is 30.7. The van der Waals surface area contributed by atoms with E-state index in [2.05, 4.69) is 39.7 Å². The summed E-state index contributed by atoms with van der Waals surface area (Å²) in [6.07, 6.45) is 8.52. The van der Waals surface area contributed by atoms with Crippen LogP contribution >= 0.6 is 0 Å². The number of aromatic nitrogens is 2. The molecule has 3 atom stereocenters. The van der Waals surface area contributed by atoms with Crippen molar-refractivity contribution in [3.05, 3.63) is 47.5 Å². The minimum Gasteiger partial charge on any atom is -0.508 e. The van der Waals surface area contributed by atoms with E-state index in [-0.39, 0.29) is 52.2 Å². The maximum atomic E-state index is 17.0. The summed E-state index contributed by atoms with van der Waals surface area (Å²) in [5.74, 6) is 2.03. The van der Waals surface area contributed by atoms with Gasteiger partial charge >= 0.3 is 6.01 Å². The Morgan fingerprint density at radius 3 is 2.64 bits per heavy atom. The highest BCUT2D eigenvalue weighted by molar-refractivity contribution is 6.05. The van der Waals surface area contributed by atoms with Crippen molar-refractivity contribution >= 4 is 27.5 Å². The second kappa shape index (κ2) is 11.1. The van der Waals surface area contributed by atoms with E-state index in [1.54, 1.807) is 6.07 Å². The van der Waals surface area contributed by atoms with Gasteiger partial charge in [0.1, 0.15) is 41.4 Å². The maximum absolute atomic E-state index is 17.0. The third-order valence-electron chi connectivity index (χ3n) is 9.40. The highest BCUT2D eigenvalue weighted by Crippen LogP contribution is 2.45. The highest BCUT2D eigenvalue weighted by Gasteiger charge is 2.34. The Morgan fingerprint density at radius 2 is 1.91 bits per heavy atom. The van der Waals surface area contributed by atoms with E-state index in [0.717, 1.165) is 38.9 Å².